The van der Waals surface area contributed by atoms with E-state index in [1.807, 2.05) is 54.6 Å². The lowest BCUT2D eigenvalue weighted by Crippen LogP contribution is -2.26. The van der Waals surface area contributed by atoms with Gasteiger partial charge >= 0.3 is 0 Å². The molecule has 34 heavy (non-hydrogen) atoms. The smallest absolute Gasteiger partial charge is 0.258 e. The zero-order valence-corrected chi connectivity index (χ0v) is 19.9. The van der Waals surface area contributed by atoms with Gasteiger partial charge in [0, 0.05) is 29.7 Å². The van der Waals surface area contributed by atoms with Crippen LogP contribution in [0.2, 0.25) is 0 Å². The van der Waals surface area contributed by atoms with Crippen LogP contribution in [0.5, 0.6) is 5.75 Å². The molecular weight excluding hydrogens is 426 g/mol. The molecule has 6 nitrogen and oxygen atoms in total. The fraction of sp³-hybridized carbons (Fsp3) is 0.286. The lowest BCUT2D eigenvalue weighted by molar-refractivity contribution is -0.114. The Bertz CT molecular complexity index is 1030. The maximum atomic E-state index is 12.7. The topological polar surface area (TPSA) is 70.7 Å². The van der Waals surface area contributed by atoms with Crippen molar-refractivity contribution in [2.24, 2.45) is 0 Å². The first-order valence-electron chi connectivity index (χ1n) is 11.8. The molecule has 0 atom stereocenters. The number of nitrogens with zero attached hydrogens (tertiary/aromatic N) is 1. The van der Waals surface area contributed by atoms with Gasteiger partial charge in [0.05, 0.1) is 13.2 Å². The summed E-state index contributed by atoms with van der Waals surface area (Å²) >= 11 is 0. The predicted octanol–water partition coefficient (Wildman–Crippen LogP) is 5.97. The molecule has 0 aliphatic heterocycles. The number of hydrogen-bond donors (Lipinski definition) is 2. The maximum absolute atomic E-state index is 12.7. The van der Waals surface area contributed by atoms with Crippen LogP contribution in [-0.4, -0.2) is 32.0 Å². The molecule has 2 N–H and O–H groups in total. The molecule has 6 heteroatoms. The van der Waals surface area contributed by atoms with E-state index in [-0.39, 0.29) is 18.4 Å². The summed E-state index contributed by atoms with van der Waals surface area (Å²) in [6.07, 6.45) is 4.70. The fourth-order valence-corrected chi connectivity index (χ4v) is 3.43. The number of carbonyl (C=O) groups excluding carboxylic acids is 2. The number of benzene rings is 3. The molecule has 3 aromatic rings. The van der Waals surface area contributed by atoms with Crippen molar-refractivity contribution in [3.05, 3.63) is 84.4 Å². The average Bonchev–Trinajstić information content (AvgIpc) is 2.88. The molecular formula is C28H33N3O3. The van der Waals surface area contributed by atoms with Crippen molar-refractivity contribution < 1.29 is 14.3 Å². The molecule has 0 fully saturated rings. The zero-order valence-electron chi connectivity index (χ0n) is 19.9. The van der Waals surface area contributed by atoms with Crippen molar-refractivity contribution in [3.8, 4) is 5.75 Å². The molecule has 0 aliphatic carbocycles. The lowest BCUT2D eigenvalue weighted by Gasteiger charge is -2.17. The zero-order chi connectivity index (χ0) is 24.2. The molecule has 0 saturated heterocycles. The second-order valence-corrected chi connectivity index (χ2v) is 8.11. The molecule has 0 spiro atoms. The Morgan fingerprint density at radius 2 is 1.50 bits per heavy atom. The first-order valence-corrected chi connectivity index (χ1v) is 11.8. The largest absolute Gasteiger partial charge is 0.494 e. The van der Waals surface area contributed by atoms with Crippen LogP contribution in [0.15, 0.2) is 78.9 Å². The summed E-state index contributed by atoms with van der Waals surface area (Å²) in [7, 11) is 1.74. The van der Waals surface area contributed by atoms with Crippen LogP contribution >= 0.6 is 0 Å². The van der Waals surface area contributed by atoms with E-state index < -0.39 is 0 Å². The van der Waals surface area contributed by atoms with Gasteiger partial charge in [-0.2, -0.15) is 0 Å². The third-order valence-electron chi connectivity index (χ3n) is 5.44. The summed E-state index contributed by atoms with van der Waals surface area (Å²) in [6.45, 7) is 3.05. The number of para-hydroxylation sites is 1. The van der Waals surface area contributed by atoms with Gasteiger partial charge in [-0.25, -0.2) is 0 Å². The number of nitrogens with one attached hydrogen (secondary N) is 2. The number of carbonyl (C=O) groups is 2. The molecule has 3 aromatic carbocycles. The molecule has 0 heterocycles. The van der Waals surface area contributed by atoms with Crippen molar-refractivity contribution in [1.82, 2.24) is 0 Å². The van der Waals surface area contributed by atoms with Crippen LogP contribution in [-0.2, 0) is 4.79 Å². The van der Waals surface area contributed by atoms with E-state index in [0.717, 1.165) is 30.2 Å². The van der Waals surface area contributed by atoms with E-state index >= 15 is 0 Å². The van der Waals surface area contributed by atoms with Gasteiger partial charge in [0.15, 0.2) is 0 Å². The third-order valence-corrected chi connectivity index (χ3v) is 5.44. The molecule has 0 bridgehead atoms. The second kappa shape index (κ2) is 13.0. The Morgan fingerprint density at radius 3 is 2.18 bits per heavy atom. The number of ether oxygens (including phenoxy) is 1. The summed E-state index contributed by atoms with van der Waals surface area (Å²) in [5, 5.41) is 5.95. The highest BCUT2D eigenvalue weighted by Gasteiger charge is 2.13. The van der Waals surface area contributed by atoms with Crippen LogP contribution in [0.4, 0.5) is 17.1 Å². The van der Waals surface area contributed by atoms with Gasteiger partial charge in [-0.05, 0) is 67.1 Å². The molecule has 0 saturated carbocycles. The first-order chi connectivity index (χ1) is 16.6. The molecule has 0 unspecified atom stereocenters. The average molecular weight is 460 g/mol. The fourth-order valence-electron chi connectivity index (χ4n) is 3.43. The van der Waals surface area contributed by atoms with Crippen LogP contribution in [0.1, 0.15) is 43.0 Å². The van der Waals surface area contributed by atoms with Crippen molar-refractivity contribution >= 4 is 28.9 Å². The molecule has 2 amide bonds. The predicted molar refractivity (Wildman–Crippen MR) is 139 cm³/mol. The molecule has 0 radical (unpaired) electrons. The molecule has 0 aliphatic rings. The van der Waals surface area contributed by atoms with Crippen molar-refractivity contribution in [3.63, 3.8) is 0 Å². The van der Waals surface area contributed by atoms with E-state index in [1.54, 1.807) is 36.2 Å². The van der Waals surface area contributed by atoms with Gasteiger partial charge in [0.25, 0.3) is 5.91 Å². The summed E-state index contributed by atoms with van der Waals surface area (Å²) < 4.78 is 5.74. The second-order valence-electron chi connectivity index (χ2n) is 8.11. The summed E-state index contributed by atoms with van der Waals surface area (Å²) in [5.74, 6) is 0.551. The van der Waals surface area contributed by atoms with E-state index in [2.05, 4.69) is 17.6 Å². The lowest BCUT2D eigenvalue weighted by atomic mass is 10.1. The maximum Gasteiger partial charge on any atom is 0.258 e. The Hall–Kier alpha value is -3.80. The van der Waals surface area contributed by atoms with E-state index in [1.165, 1.54) is 19.3 Å². The highest BCUT2D eigenvalue weighted by Crippen LogP contribution is 2.18. The van der Waals surface area contributed by atoms with Gasteiger partial charge in [-0.3, -0.25) is 9.59 Å². The summed E-state index contributed by atoms with van der Waals surface area (Å²) in [5.41, 5.74) is 2.86. The van der Waals surface area contributed by atoms with Gasteiger partial charge in [-0.1, -0.05) is 44.4 Å². The van der Waals surface area contributed by atoms with Gasteiger partial charge in [-0.15, -0.1) is 0 Å². The van der Waals surface area contributed by atoms with Crippen LogP contribution in [0, 0.1) is 0 Å². The van der Waals surface area contributed by atoms with Crippen molar-refractivity contribution in [2.45, 2.75) is 32.6 Å². The highest BCUT2D eigenvalue weighted by molar-refractivity contribution is 6.06. The van der Waals surface area contributed by atoms with Crippen LogP contribution in [0.25, 0.3) is 0 Å². The van der Waals surface area contributed by atoms with Crippen LogP contribution < -0.4 is 20.3 Å². The monoisotopic (exact) mass is 459 g/mol. The summed E-state index contributed by atoms with van der Waals surface area (Å²) in [4.78, 5) is 26.6. The van der Waals surface area contributed by atoms with Gasteiger partial charge in [0.1, 0.15) is 5.75 Å². The molecule has 178 valence electrons. The SMILES string of the molecule is CCCCCCOc1ccc(NCC(=O)Nc2ccc(C(=O)N(C)c3ccccc3)cc2)cc1. The quantitative estimate of drug-likeness (QED) is 0.327. The van der Waals surface area contributed by atoms with Gasteiger partial charge < -0.3 is 20.3 Å². The number of anilines is 3. The van der Waals surface area contributed by atoms with Gasteiger partial charge in [0.2, 0.25) is 5.91 Å². The Balaban J connectivity index is 1.43. The Labute approximate surface area is 201 Å². The van der Waals surface area contributed by atoms with E-state index in [9.17, 15) is 9.59 Å². The number of unbranched alkanes of at least 4 members (excludes halogenated alkanes) is 3. The minimum absolute atomic E-state index is 0.112. The minimum Gasteiger partial charge on any atom is -0.494 e. The molecule has 3 rings (SSSR count). The number of hydrogen-bond acceptors (Lipinski definition) is 4. The summed E-state index contributed by atoms with van der Waals surface area (Å²) in [6, 6.07) is 24.0. The minimum atomic E-state index is -0.170. The Morgan fingerprint density at radius 1 is 0.824 bits per heavy atom. The van der Waals surface area contributed by atoms with Crippen molar-refractivity contribution in [2.75, 3.05) is 35.7 Å². The van der Waals surface area contributed by atoms with Crippen LogP contribution in [0.3, 0.4) is 0 Å². The molecule has 0 aromatic heterocycles. The van der Waals surface area contributed by atoms with E-state index in [4.69, 9.17) is 4.74 Å². The first kappa shape index (κ1) is 24.8. The Kier molecular flexibility index (Phi) is 9.52. The van der Waals surface area contributed by atoms with E-state index in [0.29, 0.717) is 11.3 Å². The standard InChI is InChI=1S/C28H33N3O3/c1-3-4-5-9-20-34-26-18-16-23(17-19-26)29-21-27(32)30-24-14-12-22(13-15-24)28(33)31(2)25-10-7-6-8-11-25/h6-8,10-19,29H,3-5,9,20-21H2,1-2H3,(H,30,32). The number of amides is 2. The highest BCUT2D eigenvalue weighted by atomic mass is 16.5. The third kappa shape index (κ3) is 7.66. The normalized spacial score (nSPS) is 10.4. The number of rotatable bonds is 12. The van der Waals surface area contributed by atoms with Crippen molar-refractivity contribution in [1.29, 1.82) is 0 Å².